The summed E-state index contributed by atoms with van der Waals surface area (Å²) in [5, 5.41) is 0.434. The molecule has 0 atom stereocenters. The molecule has 0 aromatic carbocycles. The van der Waals surface area contributed by atoms with Crippen LogP contribution in [0, 0.1) is 0 Å². The maximum atomic E-state index is 10.6. The van der Waals surface area contributed by atoms with Crippen LogP contribution in [0.2, 0.25) is 0 Å². The minimum Gasteiger partial charge on any atom is -0.294 e. The Kier molecular flexibility index (Phi) is 3.79. The van der Waals surface area contributed by atoms with Crippen LogP contribution in [0.25, 0.3) is 0 Å². The van der Waals surface area contributed by atoms with E-state index in [0.29, 0.717) is 5.33 Å². The van der Waals surface area contributed by atoms with Gasteiger partial charge in [-0.2, -0.15) is 0 Å². The average molecular weight is 177 g/mol. The fourth-order valence-corrected chi connectivity index (χ4v) is 0.709. The van der Waals surface area contributed by atoms with Crippen molar-refractivity contribution in [2.45, 2.75) is 13.8 Å². The maximum Gasteiger partial charge on any atom is 0.168 e. The molecule has 1 nitrogen and oxygen atoms in total. The molecule has 8 heavy (non-hydrogen) atoms. The molecule has 0 aromatic rings. The summed E-state index contributed by atoms with van der Waals surface area (Å²) in [6.45, 7) is 3.67. The normalized spacial score (nSPS) is 11.6. The molecular formula is C6H9BrO. The molecule has 0 heterocycles. The third-order valence-electron chi connectivity index (χ3n) is 0.994. The second-order valence-corrected chi connectivity index (χ2v) is 2.09. The molecule has 0 unspecified atom stereocenters. The molecule has 0 saturated heterocycles. The van der Waals surface area contributed by atoms with Gasteiger partial charge in [0.2, 0.25) is 0 Å². The smallest absolute Gasteiger partial charge is 0.168 e. The van der Waals surface area contributed by atoms with Gasteiger partial charge >= 0.3 is 0 Å². The van der Waals surface area contributed by atoms with Gasteiger partial charge in [0.15, 0.2) is 5.78 Å². The Labute approximate surface area is 57.9 Å². The van der Waals surface area contributed by atoms with Crippen LogP contribution in [0.3, 0.4) is 0 Å². The monoisotopic (exact) mass is 176 g/mol. The van der Waals surface area contributed by atoms with Crippen LogP contribution < -0.4 is 0 Å². The van der Waals surface area contributed by atoms with Crippen molar-refractivity contribution in [3.63, 3.8) is 0 Å². The van der Waals surface area contributed by atoms with Crippen LogP contribution in [0.15, 0.2) is 11.6 Å². The van der Waals surface area contributed by atoms with E-state index in [1.807, 2.05) is 19.9 Å². The largest absolute Gasteiger partial charge is 0.294 e. The Morgan fingerprint density at radius 2 is 2.25 bits per heavy atom. The van der Waals surface area contributed by atoms with Gasteiger partial charge in [-0.1, -0.05) is 22.0 Å². The maximum absolute atomic E-state index is 10.6. The quantitative estimate of drug-likeness (QED) is 0.465. The molecule has 0 fully saturated rings. The van der Waals surface area contributed by atoms with E-state index in [4.69, 9.17) is 0 Å². The number of Topliss-reactive ketones (excluding diaryl/α,β-unsaturated/α-hetero) is 1. The summed E-state index contributed by atoms with van der Waals surface area (Å²) in [6.07, 6.45) is 1.81. The number of carbonyl (C=O) groups is 1. The van der Waals surface area contributed by atoms with E-state index in [9.17, 15) is 4.79 Å². The summed E-state index contributed by atoms with van der Waals surface area (Å²) >= 11 is 3.07. The Bertz CT molecular complexity index is 116. The molecule has 0 rings (SSSR count). The van der Waals surface area contributed by atoms with Gasteiger partial charge in [0.25, 0.3) is 0 Å². The second kappa shape index (κ2) is 3.84. The first kappa shape index (κ1) is 7.89. The number of allylic oxidation sites excluding steroid dienone is 2. The van der Waals surface area contributed by atoms with E-state index < -0.39 is 0 Å². The Morgan fingerprint density at radius 3 is 2.38 bits per heavy atom. The molecular weight excluding hydrogens is 168 g/mol. The van der Waals surface area contributed by atoms with Gasteiger partial charge in [0, 0.05) is 0 Å². The highest BCUT2D eigenvalue weighted by atomic mass is 79.9. The molecule has 0 aliphatic rings. The summed E-state index contributed by atoms with van der Waals surface area (Å²) in [7, 11) is 0. The predicted octanol–water partition coefficient (Wildman–Crippen LogP) is 1.92. The summed E-state index contributed by atoms with van der Waals surface area (Å²) in [5.41, 5.74) is 0.821. The summed E-state index contributed by atoms with van der Waals surface area (Å²) in [4.78, 5) is 10.6. The first-order valence-corrected chi connectivity index (χ1v) is 3.56. The zero-order valence-corrected chi connectivity index (χ0v) is 6.66. The fraction of sp³-hybridized carbons (Fsp3) is 0.500. The first-order valence-electron chi connectivity index (χ1n) is 2.44. The molecule has 0 saturated carbocycles. The second-order valence-electron chi connectivity index (χ2n) is 1.53. The van der Waals surface area contributed by atoms with Crippen LogP contribution in [-0.4, -0.2) is 11.1 Å². The SMILES string of the molecule is CC=C(C)C(=O)CBr. The molecule has 0 aliphatic carbocycles. The van der Waals surface area contributed by atoms with Crippen LogP contribution >= 0.6 is 15.9 Å². The number of ketones is 1. The highest BCUT2D eigenvalue weighted by Gasteiger charge is 1.97. The third-order valence-corrected chi connectivity index (χ3v) is 1.50. The van der Waals surface area contributed by atoms with Crippen molar-refractivity contribution >= 4 is 21.7 Å². The first-order chi connectivity index (χ1) is 3.72. The van der Waals surface area contributed by atoms with Gasteiger partial charge in [-0.25, -0.2) is 0 Å². The molecule has 0 N–H and O–H groups in total. The Morgan fingerprint density at radius 1 is 1.75 bits per heavy atom. The number of halogens is 1. The van der Waals surface area contributed by atoms with E-state index >= 15 is 0 Å². The van der Waals surface area contributed by atoms with E-state index in [1.54, 1.807) is 0 Å². The van der Waals surface area contributed by atoms with E-state index in [2.05, 4.69) is 15.9 Å². The van der Waals surface area contributed by atoms with Crippen LogP contribution in [0.4, 0.5) is 0 Å². The standard InChI is InChI=1S/C6H9BrO/c1-3-5(2)6(8)4-7/h3H,4H2,1-2H3. The minimum atomic E-state index is 0.160. The van der Waals surface area contributed by atoms with Gasteiger partial charge in [0.1, 0.15) is 0 Å². The lowest BCUT2D eigenvalue weighted by atomic mass is 10.2. The van der Waals surface area contributed by atoms with Crippen molar-refractivity contribution < 1.29 is 4.79 Å². The van der Waals surface area contributed by atoms with Crippen molar-refractivity contribution in [2.24, 2.45) is 0 Å². The van der Waals surface area contributed by atoms with Crippen molar-refractivity contribution in [3.8, 4) is 0 Å². The topological polar surface area (TPSA) is 17.1 Å². The highest BCUT2D eigenvalue weighted by Crippen LogP contribution is 1.95. The van der Waals surface area contributed by atoms with Crippen molar-refractivity contribution in [3.05, 3.63) is 11.6 Å². The van der Waals surface area contributed by atoms with Crippen LogP contribution in [0.5, 0.6) is 0 Å². The van der Waals surface area contributed by atoms with Gasteiger partial charge in [-0.15, -0.1) is 0 Å². The molecule has 0 spiro atoms. The Hall–Kier alpha value is -0.110. The fourth-order valence-electron chi connectivity index (χ4n) is 0.266. The summed E-state index contributed by atoms with van der Waals surface area (Å²) < 4.78 is 0. The number of rotatable bonds is 2. The van der Waals surface area contributed by atoms with Gasteiger partial charge in [-0.05, 0) is 19.4 Å². The minimum absolute atomic E-state index is 0.160. The van der Waals surface area contributed by atoms with E-state index in [1.165, 1.54) is 0 Å². The Balaban J connectivity index is 3.83. The molecule has 46 valence electrons. The zero-order valence-electron chi connectivity index (χ0n) is 5.07. The lowest BCUT2D eigenvalue weighted by molar-refractivity contribution is -0.113. The molecule has 2 heteroatoms. The lowest BCUT2D eigenvalue weighted by Gasteiger charge is -1.90. The van der Waals surface area contributed by atoms with E-state index in [0.717, 1.165) is 5.57 Å². The molecule has 0 radical (unpaired) electrons. The molecule has 0 aromatic heterocycles. The number of hydrogen-bond acceptors (Lipinski definition) is 1. The van der Waals surface area contributed by atoms with Gasteiger partial charge in [0.05, 0.1) is 5.33 Å². The lowest BCUT2D eigenvalue weighted by Crippen LogP contribution is -1.98. The molecule has 0 amide bonds. The number of carbonyl (C=O) groups excluding carboxylic acids is 1. The number of hydrogen-bond donors (Lipinski definition) is 0. The predicted molar refractivity (Wildman–Crippen MR) is 38.2 cm³/mol. The number of alkyl halides is 1. The average Bonchev–Trinajstić information content (AvgIpc) is 1.84. The molecule has 0 bridgehead atoms. The summed E-state index contributed by atoms with van der Waals surface area (Å²) in [6, 6.07) is 0. The zero-order chi connectivity index (χ0) is 6.57. The van der Waals surface area contributed by atoms with Gasteiger partial charge < -0.3 is 0 Å². The van der Waals surface area contributed by atoms with Gasteiger partial charge in [-0.3, -0.25) is 4.79 Å². The van der Waals surface area contributed by atoms with Crippen molar-refractivity contribution in [1.29, 1.82) is 0 Å². The summed E-state index contributed by atoms with van der Waals surface area (Å²) in [5.74, 6) is 0.160. The van der Waals surface area contributed by atoms with Crippen LogP contribution in [0.1, 0.15) is 13.8 Å². The van der Waals surface area contributed by atoms with Crippen molar-refractivity contribution in [1.82, 2.24) is 0 Å². The van der Waals surface area contributed by atoms with Crippen molar-refractivity contribution in [2.75, 3.05) is 5.33 Å². The van der Waals surface area contributed by atoms with E-state index in [-0.39, 0.29) is 5.78 Å². The highest BCUT2D eigenvalue weighted by molar-refractivity contribution is 9.09. The third kappa shape index (κ3) is 2.26. The van der Waals surface area contributed by atoms with Crippen LogP contribution in [-0.2, 0) is 4.79 Å². The molecule has 0 aliphatic heterocycles.